The van der Waals surface area contributed by atoms with Gasteiger partial charge in [0.25, 0.3) is 0 Å². The molecule has 0 saturated carbocycles. The monoisotopic (exact) mass is 501 g/mol. The highest BCUT2D eigenvalue weighted by Gasteiger charge is 2.21. The number of halogens is 2. The predicted molar refractivity (Wildman–Crippen MR) is 119 cm³/mol. The van der Waals surface area contributed by atoms with Gasteiger partial charge in [0, 0.05) is 38.2 Å². The van der Waals surface area contributed by atoms with Crippen LogP contribution in [0.3, 0.4) is 0 Å². The first-order valence-electron chi connectivity index (χ1n) is 9.24. The fraction of sp³-hybridized carbons (Fsp3) is 0.526. The third-order valence-corrected chi connectivity index (χ3v) is 4.59. The Hall–Kier alpha value is -1.75. The number of hydrogen-bond donors (Lipinski definition) is 2. The molecule has 7 nitrogen and oxygen atoms in total. The van der Waals surface area contributed by atoms with Crippen LogP contribution in [-0.2, 0) is 26.1 Å². The molecule has 1 aliphatic rings. The minimum atomic E-state index is -0.170. The van der Waals surface area contributed by atoms with Crippen LogP contribution in [0.15, 0.2) is 23.2 Å². The third-order valence-electron chi connectivity index (χ3n) is 4.59. The molecule has 1 aliphatic heterocycles. The second kappa shape index (κ2) is 10.1. The van der Waals surface area contributed by atoms with Crippen LogP contribution in [0.25, 0.3) is 0 Å². The molecule has 0 spiro atoms. The van der Waals surface area contributed by atoms with Crippen LogP contribution in [0.1, 0.15) is 29.2 Å². The molecule has 0 radical (unpaired) electrons. The van der Waals surface area contributed by atoms with Crippen molar-refractivity contribution in [2.75, 3.05) is 21.1 Å². The summed E-state index contributed by atoms with van der Waals surface area (Å²) in [5.74, 6) is 2.43. The van der Waals surface area contributed by atoms with Crippen LogP contribution in [0, 0.1) is 12.7 Å². The quantitative estimate of drug-likeness (QED) is 0.373. The van der Waals surface area contributed by atoms with Crippen molar-refractivity contribution in [2.24, 2.45) is 4.99 Å². The van der Waals surface area contributed by atoms with Crippen molar-refractivity contribution in [3.63, 3.8) is 0 Å². The number of rotatable bonds is 5. The smallest absolute Gasteiger partial charge is 0.191 e. The minimum absolute atomic E-state index is 0. The molecular formula is C19H29FIN7. The topological polar surface area (TPSA) is 70.4 Å². The lowest BCUT2D eigenvalue weighted by Crippen LogP contribution is -2.46. The Kier molecular flexibility index (Phi) is 8.17. The average Bonchev–Trinajstić information content (AvgIpc) is 3.00. The number of aliphatic imine (C=N–C) groups is 1. The molecule has 0 bridgehead atoms. The molecule has 1 aromatic heterocycles. The van der Waals surface area contributed by atoms with E-state index >= 15 is 0 Å². The lowest BCUT2D eigenvalue weighted by Gasteiger charge is -2.25. The van der Waals surface area contributed by atoms with E-state index in [1.54, 1.807) is 13.1 Å². The van der Waals surface area contributed by atoms with Crippen molar-refractivity contribution in [1.82, 2.24) is 30.3 Å². The number of fused-ring (bicyclic) bond motifs is 1. The number of hydrogen-bond acceptors (Lipinski definition) is 4. The summed E-state index contributed by atoms with van der Waals surface area (Å²) in [6.45, 7) is 3.86. The molecule has 0 aliphatic carbocycles. The Balaban J connectivity index is 0.00000280. The number of aryl methyl sites for hydroxylation is 2. The van der Waals surface area contributed by atoms with Crippen molar-refractivity contribution in [1.29, 1.82) is 0 Å². The maximum Gasteiger partial charge on any atom is 0.191 e. The van der Waals surface area contributed by atoms with Crippen molar-refractivity contribution in [3.05, 3.63) is 46.8 Å². The summed E-state index contributed by atoms with van der Waals surface area (Å²) in [6, 6.07) is 5.49. The molecule has 1 atom stereocenters. The first-order valence-corrected chi connectivity index (χ1v) is 9.24. The van der Waals surface area contributed by atoms with E-state index in [9.17, 15) is 4.39 Å². The Morgan fingerprint density at radius 3 is 2.89 bits per heavy atom. The van der Waals surface area contributed by atoms with E-state index in [0.717, 1.165) is 42.6 Å². The summed E-state index contributed by atoms with van der Waals surface area (Å²) in [5.41, 5.74) is 1.72. The molecule has 2 aromatic rings. The van der Waals surface area contributed by atoms with E-state index in [-0.39, 0.29) is 35.8 Å². The second-order valence-corrected chi connectivity index (χ2v) is 7.23. The molecule has 0 amide bonds. The van der Waals surface area contributed by atoms with Crippen molar-refractivity contribution >= 4 is 29.9 Å². The van der Waals surface area contributed by atoms with Crippen LogP contribution < -0.4 is 10.6 Å². The minimum Gasteiger partial charge on any atom is -0.352 e. The Morgan fingerprint density at radius 2 is 2.18 bits per heavy atom. The van der Waals surface area contributed by atoms with Crippen LogP contribution in [0.4, 0.5) is 4.39 Å². The zero-order valence-corrected chi connectivity index (χ0v) is 19.2. The van der Waals surface area contributed by atoms with Crippen LogP contribution in [0.2, 0.25) is 0 Å². The lowest BCUT2D eigenvalue weighted by molar-refractivity contribution is 0.391. The summed E-state index contributed by atoms with van der Waals surface area (Å²) < 4.78 is 15.9. The molecule has 2 heterocycles. The van der Waals surface area contributed by atoms with Gasteiger partial charge in [-0.2, -0.15) is 5.10 Å². The molecule has 154 valence electrons. The summed E-state index contributed by atoms with van der Waals surface area (Å²) in [7, 11) is 5.62. The van der Waals surface area contributed by atoms with Gasteiger partial charge in [0.2, 0.25) is 0 Å². The lowest BCUT2D eigenvalue weighted by atomic mass is 10.1. The fourth-order valence-corrected chi connectivity index (χ4v) is 3.33. The largest absolute Gasteiger partial charge is 0.352 e. The summed E-state index contributed by atoms with van der Waals surface area (Å²) >= 11 is 0. The number of aromatic nitrogens is 3. The van der Waals surface area contributed by atoms with Gasteiger partial charge in [-0.1, -0.05) is 6.07 Å². The van der Waals surface area contributed by atoms with Gasteiger partial charge in [-0.15, -0.1) is 24.0 Å². The van der Waals surface area contributed by atoms with Crippen molar-refractivity contribution in [3.8, 4) is 0 Å². The number of nitrogens with one attached hydrogen (secondary N) is 2. The Morgan fingerprint density at radius 1 is 1.39 bits per heavy atom. The van der Waals surface area contributed by atoms with E-state index in [4.69, 9.17) is 0 Å². The summed E-state index contributed by atoms with van der Waals surface area (Å²) in [6.07, 6.45) is 1.89. The number of benzene rings is 1. The third kappa shape index (κ3) is 5.87. The zero-order valence-electron chi connectivity index (χ0n) is 16.9. The second-order valence-electron chi connectivity index (χ2n) is 7.23. The molecule has 3 rings (SSSR count). The predicted octanol–water partition coefficient (Wildman–Crippen LogP) is 2.09. The molecule has 2 N–H and O–H groups in total. The summed E-state index contributed by atoms with van der Waals surface area (Å²) in [5, 5.41) is 11.2. The Bertz CT molecular complexity index is 819. The molecule has 1 unspecified atom stereocenters. The van der Waals surface area contributed by atoms with Gasteiger partial charge in [-0.05, 0) is 45.1 Å². The molecule has 1 aromatic carbocycles. The first kappa shape index (κ1) is 22.5. The van der Waals surface area contributed by atoms with Gasteiger partial charge in [0.1, 0.15) is 17.5 Å². The van der Waals surface area contributed by atoms with Crippen LogP contribution in [-0.4, -0.2) is 52.8 Å². The Labute approximate surface area is 182 Å². The standard InChI is InChI=1S/C19H28FN7.HI/c1-13-23-18-8-6-16(12-27(18)25-13)24-19(21-2)22-10-14-5-7-17(20)15(9-14)11-26(3)4;/h5,7,9,16H,6,8,10-12H2,1-4H3,(H2,21,22,24);1H. The highest BCUT2D eigenvalue weighted by molar-refractivity contribution is 14.0. The maximum atomic E-state index is 13.9. The fourth-order valence-electron chi connectivity index (χ4n) is 3.33. The normalized spacial score (nSPS) is 16.5. The summed E-state index contributed by atoms with van der Waals surface area (Å²) in [4.78, 5) is 10.7. The molecule has 9 heteroatoms. The van der Waals surface area contributed by atoms with Gasteiger partial charge < -0.3 is 15.5 Å². The molecule has 0 saturated heterocycles. The highest BCUT2D eigenvalue weighted by Crippen LogP contribution is 2.14. The molecular weight excluding hydrogens is 472 g/mol. The van der Waals surface area contributed by atoms with Gasteiger partial charge in [0.15, 0.2) is 5.96 Å². The average molecular weight is 501 g/mol. The van der Waals surface area contributed by atoms with E-state index in [1.807, 2.05) is 36.7 Å². The molecule has 28 heavy (non-hydrogen) atoms. The van der Waals surface area contributed by atoms with Gasteiger partial charge in [-0.25, -0.2) is 14.1 Å². The highest BCUT2D eigenvalue weighted by atomic mass is 127. The number of guanidine groups is 1. The van der Waals surface area contributed by atoms with E-state index < -0.39 is 0 Å². The van der Waals surface area contributed by atoms with Crippen LogP contribution in [0.5, 0.6) is 0 Å². The van der Waals surface area contributed by atoms with E-state index in [1.165, 1.54) is 6.07 Å². The van der Waals surface area contributed by atoms with Crippen molar-refractivity contribution < 1.29 is 4.39 Å². The van der Waals surface area contributed by atoms with E-state index in [2.05, 4.69) is 25.7 Å². The van der Waals surface area contributed by atoms with Gasteiger partial charge in [0.05, 0.1) is 6.54 Å². The zero-order chi connectivity index (χ0) is 19.4. The maximum absolute atomic E-state index is 13.9. The number of nitrogens with zero attached hydrogens (tertiary/aromatic N) is 5. The van der Waals surface area contributed by atoms with Crippen LogP contribution >= 0.6 is 24.0 Å². The van der Waals surface area contributed by atoms with Crippen molar-refractivity contribution in [2.45, 2.75) is 45.4 Å². The molecule has 0 fully saturated rings. The SMILES string of the molecule is CN=C(NCc1ccc(F)c(CN(C)C)c1)NC1CCc2nc(C)nn2C1.I. The van der Waals surface area contributed by atoms with E-state index in [0.29, 0.717) is 18.7 Å². The van der Waals surface area contributed by atoms with Gasteiger partial charge in [-0.3, -0.25) is 4.99 Å². The van der Waals surface area contributed by atoms with Gasteiger partial charge >= 0.3 is 0 Å². The first-order chi connectivity index (χ1) is 12.9.